The highest BCUT2D eigenvalue weighted by Gasteiger charge is 2.67. The van der Waals surface area contributed by atoms with Crippen LogP contribution in [0.2, 0.25) is 0 Å². The summed E-state index contributed by atoms with van der Waals surface area (Å²) < 4.78 is 43.7. The number of hydrazine groups is 1. The molecule has 2 spiro atoms. The Morgan fingerprint density at radius 2 is 1.80 bits per heavy atom. The van der Waals surface area contributed by atoms with Gasteiger partial charge in [0.05, 0.1) is 48.5 Å². The van der Waals surface area contributed by atoms with Crippen molar-refractivity contribution in [1.82, 2.24) is 30.3 Å². The van der Waals surface area contributed by atoms with Gasteiger partial charge >= 0.3 is 12.0 Å². The van der Waals surface area contributed by atoms with Crippen LogP contribution < -0.4 is 15.1 Å². The van der Waals surface area contributed by atoms with Crippen molar-refractivity contribution in [3.8, 4) is 0 Å². The molecule has 5 aliphatic rings. The van der Waals surface area contributed by atoms with Crippen molar-refractivity contribution in [3.05, 3.63) is 63.7 Å². The molecule has 3 aliphatic heterocycles. The van der Waals surface area contributed by atoms with E-state index in [4.69, 9.17) is 9.15 Å². The molecule has 4 atom stereocenters. The van der Waals surface area contributed by atoms with E-state index in [0.717, 1.165) is 12.1 Å². The maximum atomic E-state index is 15.7. The smallest absolute Gasteiger partial charge is 0.437 e. The summed E-state index contributed by atoms with van der Waals surface area (Å²) in [5.41, 5.74) is -2.19. The third-order valence-corrected chi connectivity index (χ3v) is 10.3. The molecule has 50 heavy (non-hydrogen) atoms. The minimum atomic E-state index is -1.22. The van der Waals surface area contributed by atoms with Crippen LogP contribution in [0.5, 0.6) is 0 Å². The van der Waals surface area contributed by atoms with E-state index in [-0.39, 0.29) is 86.1 Å². The van der Waals surface area contributed by atoms with E-state index in [1.54, 1.807) is 24.7 Å². The van der Waals surface area contributed by atoms with Gasteiger partial charge in [-0.05, 0) is 12.3 Å². The lowest BCUT2D eigenvalue weighted by molar-refractivity contribution is -0.403. The first-order valence-electron chi connectivity index (χ1n) is 16.1. The second kappa shape index (κ2) is 10.9. The summed E-state index contributed by atoms with van der Waals surface area (Å²) in [6.45, 7) is 3.42. The van der Waals surface area contributed by atoms with Gasteiger partial charge in [0.2, 0.25) is 11.8 Å². The lowest BCUT2D eigenvalue weighted by Crippen LogP contribution is -2.59. The number of ether oxygens (including phenoxy) is 1. The van der Waals surface area contributed by atoms with Crippen molar-refractivity contribution in [2.45, 2.75) is 56.7 Å². The topological polar surface area (TPSA) is 189 Å². The number of benzene rings is 1. The number of nitrogens with one attached hydrogen (secondary N) is 1. The summed E-state index contributed by atoms with van der Waals surface area (Å²) in [6, 6.07) is 2.46. The molecule has 0 radical (unpaired) electrons. The Labute approximate surface area is 281 Å². The lowest BCUT2D eigenvalue weighted by Gasteiger charge is -2.40. The van der Waals surface area contributed by atoms with E-state index >= 15 is 8.78 Å². The number of furan rings is 1. The van der Waals surface area contributed by atoms with Gasteiger partial charge < -0.3 is 19.4 Å². The van der Waals surface area contributed by atoms with Crippen LogP contribution in [0.4, 0.5) is 30.8 Å². The molecule has 262 valence electrons. The minimum Gasteiger partial charge on any atom is -0.438 e. The molecule has 2 aliphatic carbocycles. The standard InChI is InChI=1S/C31H31F2N9O8/c1-16(2)18-11-21(49-27(18)42(47)48)26(44)35-22-12-30(22)14-24(43)40-7-5-37(6-8-41(40)28(30)45)25-19(32)9-17(10-20(25)33)38-15-31(50-29(38)46)13-23(31)39-4-3-34-36-39/h3-4,9-11,16,22-23H,5-8,12-15H2,1-2H3,(H,35,44)/t22?,23-,30?,31-/m0/s1. The van der Waals surface area contributed by atoms with Crippen LogP contribution in [0.1, 0.15) is 61.2 Å². The number of carbonyl (C=O) groups is 4. The molecular weight excluding hydrogens is 664 g/mol. The van der Waals surface area contributed by atoms with E-state index in [1.807, 2.05) is 0 Å². The Morgan fingerprint density at radius 1 is 1.08 bits per heavy atom. The Hall–Kier alpha value is -5.62. The van der Waals surface area contributed by atoms with Crippen molar-refractivity contribution in [1.29, 1.82) is 0 Å². The summed E-state index contributed by atoms with van der Waals surface area (Å²) in [5, 5.41) is 24.3. The van der Waals surface area contributed by atoms with E-state index < -0.39 is 57.4 Å². The minimum absolute atomic E-state index is 0.00967. The number of carbonyl (C=O) groups excluding carboxylic acids is 4. The van der Waals surface area contributed by atoms with E-state index in [9.17, 15) is 29.3 Å². The predicted molar refractivity (Wildman–Crippen MR) is 165 cm³/mol. The maximum absolute atomic E-state index is 15.7. The highest BCUT2D eigenvalue weighted by Crippen LogP contribution is 2.55. The van der Waals surface area contributed by atoms with Crippen molar-refractivity contribution >= 4 is 41.1 Å². The molecule has 17 nitrogen and oxygen atoms in total. The first-order chi connectivity index (χ1) is 23.8. The van der Waals surface area contributed by atoms with Gasteiger partial charge in [0.1, 0.15) is 10.6 Å². The number of hydrogen-bond acceptors (Lipinski definition) is 11. The molecule has 1 N–H and O–H groups in total. The predicted octanol–water partition coefficient (Wildman–Crippen LogP) is 2.51. The molecule has 2 saturated carbocycles. The van der Waals surface area contributed by atoms with Crippen LogP contribution in [0.3, 0.4) is 0 Å². The normalized spacial score (nSPS) is 27.3. The average molecular weight is 696 g/mol. The summed E-state index contributed by atoms with van der Waals surface area (Å²) >= 11 is 0. The third kappa shape index (κ3) is 4.85. The van der Waals surface area contributed by atoms with Crippen molar-refractivity contribution < 1.29 is 42.0 Å². The van der Waals surface area contributed by atoms with Crippen molar-refractivity contribution in [3.63, 3.8) is 0 Å². The molecule has 3 saturated heterocycles. The number of halogens is 2. The monoisotopic (exact) mass is 695 g/mol. The zero-order chi connectivity index (χ0) is 35.3. The molecule has 19 heteroatoms. The van der Waals surface area contributed by atoms with Gasteiger partial charge in [-0.2, -0.15) is 0 Å². The lowest BCUT2D eigenvalue weighted by atomic mass is 9.96. The third-order valence-electron chi connectivity index (χ3n) is 10.3. The first-order valence-corrected chi connectivity index (χ1v) is 16.1. The van der Waals surface area contributed by atoms with Crippen LogP contribution >= 0.6 is 0 Å². The number of hydrogen-bond donors (Lipinski definition) is 1. The van der Waals surface area contributed by atoms with Crippen LogP contribution in [0.25, 0.3) is 0 Å². The van der Waals surface area contributed by atoms with Gasteiger partial charge in [-0.1, -0.05) is 19.1 Å². The second-order valence-corrected chi connectivity index (χ2v) is 13.7. The molecule has 5 heterocycles. The summed E-state index contributed by atoms with van der Waals surface area (Å²) in [5.74, 6) is -4.49. The van der Waals surface area contributed by atoms with Crippen LogP contribution in [-0.2, 0) is 14.3 Å². The number of nitrogens with zero attached hydrogens (tertiary/aromatic N) is 8. The summed E-state index contributed by atoms with van der Waals surface area (Å²) in [7, 11) is 0. The Kier molecular flexibility index (Phi) is 6.92. The van der Waals surface area contributed by atoms with Gasteiger partial charge in [-0.3, -0.25) is 29.4 Å². The molecule has 4 amide bonds. The molecule has 3 aromatic rings. The number of anilines is 2. The quantitative estimate of drug-likeness (QED) is 0.282. The first kappa shape index (κ1) is 31.6. The largest absolute Gasteiger partial charge is 0.438 e. The van der Waals surface area contributed by atoms with E-state index in [2.05, 4.69) is 15.6 Å². The number of aromatic nitrogens is 3. The fraction of sp³-hybridized carbons (Fsp3) is 0.484. The number of nitro groups is 1. The molecule has 2 aromatic heterocycles. The number of fused-ring (bicyclic) bond motifs is 1. The van der Waals surface area contributed by atoms with E-state index in [0.29, 0.717) is 6.42 Å². The van der Waals surface area contributed by atoms with Crippen LogP contribution in [-0.4, -0.2) is 98.1 Å². The van der Waals surface area contributed by atoms with Gasteiger partial charge in [0.15, 0.2) is 23.0 Å². The van der Waals surface area contributed by atoms with Gasteiger partial charge in [-0.25, -0.2) is 28.3 Å². The maximum Gasteiger partial charge on any atom is 0.437 e. The number of rotatable bonds is 7. The second-order valence-electron chi connectivity index (χ2n) is 13.7. The van der Waals surface area contributed by atoms with Crippen molar-refractivity contribution in [2.24, 2.45) is 5.41 Å². The Morgan fingerprint density at radius 3 is 2.44 bits per heavy atom. The van der Waals surface area contributed by atoms with Gasteiger partial charge in [0.25, 0.3) is 5.91 Å². The summed E-state index contributed by atoms with van der Waals surface area (Å²) in [6.07, 6.45) is 2.89. The van der Waals surface area contributed by atoms with Crippen LogP contribution in [0, 0.1) is 27.2 Å². The fourth-order valence-electron chi connectivity index (χ4n) is 7.46. The molecule has 2 unspecified atom stereocenters. The molecule has 0 bridgehead atoms. The molecule has 1 aromatic carbocycles. The average Bonchev–Trinajstić information content (AvgIpc) is 3.64. The SMILES string of the molecule is CC(C)c1cc(C(=O)NC2CC23CC(=O)N2CCN(c4c(F)cc(N5C[C@]6(C[C@@H]6n6ccnn6)OC5=O)cc4F)CCN2C3=O)oc1[N+](=O)[O-]. The Bertz CT molecular complexity index is 1950. The molecule has 5 fully saturated rings. The number of amides is 4. The van der Waals surface area contributed by atoms with Crippen LogP contribution in [0.15, 0.2) is 35.0 Å². The fourth-order valence-corrected chi connectivity index (χ4v) is 7.46. The molecular formula is C31H31F2N9O8. The summed E-state index contributed by atoms with van der Waals surface area (Å²) in [4.78, 5) is 66.2. The Balaban J connectivity index is 0.948. The van der Waals surface area contributed by atoms with Gasteiger partial charge in [0, 0.05) is 56.4 Å². The molecule has 8 rings (SSSR count). The zero-order valence-corrected chi connectivity index (χ0v) is 26.9. The van der Waals surface area contributed by atoms with Crippen molar-refractivity contribution in [2.75, 3.05) is 42.5 Å². The zero-order valence-electron chi connectivity index (χ0n) is 26.9. The highest BCUT2D eigenvalue weighted by molar-refractivity contribution is 5.99. The van der Waals surface area contributed by atoms with Gasteiger partial charge in [-0.15, -0.1) is 5.10 Å². The van der Waals surface area contributed by atoms with E-state index in [1.165, 1.54) is 32.1 Å². The highest BCUT2D eigenvalue weighted by atomic mass is 19.1.